The predicted octanol–water partition coefficient (Wildman–Crippen LogP) is 4.53. The highest BCUT2D eigenvalue weighted by molar-refractivity contribution is 8.26. The van der Waals surface area contributed by atoms with Gasteiger partial charge in [-0.25, -0.2) is 13.6 Å². The number of ether oxygens (including phenoxy) is 1. The van der Waals surface area contributed by atoms with Crippen LogP contribution < -0.4 is 9.88 Å². The van der Waals surface area contributed by atoms with E-state index in [-0.39, 0.29) is 17.3 Å². The van der Waals surface area contributed by atoms with Crippen LogP contribution in [0.4, 0.5) is 0 Å². The minimum Gasteiger partial charge on any atom is -0.457 e. The average molecular weight is 483 g/mol. The third-order valence-corrected chi connectivity index (χ3v) is 6.93. The minimum absolute atomic E-state index is 0.0197. The monoisotopic (exact) mass is 482 g/mol. The normalized spacial score (nSPS) is 15.4. The molecule has 0 atom stereocenters. The second kappa shape index (κ2) is 9.25. The number of benzene rings is 3. The standard InChI is InChI=1S/C23H18N2O4S3/c24-32(27,28)20-12-8-17(9-13-20)15-25-22(26)21(31-23(25)30)14-16-6-10-19(11-7-16)29-18-4-2-1-3-5-18/h1-14H,15H2,(H2,24,27,28). The molecule has 2 N–H and O–H groups in total. The lowest BCUT2D eigenvalue weighted by atomic mass is 10.2. The van der Waals surface area contributed by atoms with Gasteiger partial charge in [-0.1, -0.05) is 66.4 Å². The summed E-state index contributed by atoms with van der Waals surface area (Å²) in [5.74, 6) is 1.25. The van der Waals surface area contributed by atoms with Crippen molar-refractivity contribution >= 4 is 50.3 Å². The predicted molar refractivity (Wildman–Crippen MR) is 129 cm³/mol. The third-order valence-electron chi connectivity index (χ3n) is 4.62. The Balaban J connectivity index is 1.45. The smallest absolute Gasteiger partial charge is 0.266 e. The molecule has 0 unspecified atom stereocenters. The van der Waals surface area contributed by atoms with E-state index >= 15 is 0 Å². The molecule has 6 nitrogen and oxygen atoms in total. The van der Waals surface area contributed by atoms with Crippen LogP contribution in [-0.4, -0.2) is 23.5 Å². The maximum atomic E-state index is 12.9. The van der Waals surface area contributed by atoms with Crippen LogP contribution in [0.5, 0.6) is 11.5 Å². The number of primary sulfonamides is 1. The third kappa shape index (κ3) is 5.25. The van der Waals surface area contributed by atoms with Gasteiger partial charge in [-0.05, 0) is 53.6 Å². The molecule has 4 rings (SSSR count). The van der Waals surface area contributed by atoms with Gasteiger partial charge in [0.25, 0.3) is 5.91 Å². The Hall–Kier alpha value is -2.98. The van der Waals surface area contributed by atoms with Crippen LogP contribution in [0.2, 0.25) is 0 Å². The van der Waals surface area contributed by atoms with Gasteiger partial charge in [-0.15, -0.1) is 0 Å². The lowest BCUT2D eigenvalue weighted by molar-refractivity contribution is -0.122. The van der Waals surface area contributed by atoms with E-state index in [1.807, 2.05) is 54.6 Å². The first-order valence-electron chi connectivity index (χ1n) is 9.50. The number of amides is 1. The summed E-state index contributed by atoms with van der Waals surface area (Å²) in [4.78, 5) is 14.9. The summed E-state index contributed by atoms with van der Waals surface area (Å²) in [7, 11) is -3.76. The van der Waals surface area contributed by atoms with E-state index in [9.17, 15) is 13.2 Å². The van der Waals surface area contributed by atoms with Crippen LogP contribution in [-0.2, 0) is 21.4 Å². The molecule has 1 fully saturated rings. The second-order valence-corrected chi connectivity index (χ2v) is 10.2. The first kappa shape index (κ1) is 22.2. The summed E-state index contributed by atoms with van der Waals surface area (Å²) >= 11 is 6.61. The molecule has 0 radical (unpaired) electrons. The Labute approximate surface area is 195 Å². The van der Waals surface area contributed by atoms with Crippen molar-refractivity contribution in [3.8, 4) is 11.5 Å². The van der Waals surface area contributed by atoms with E-state index in [0.717, 1.165) is 16.9 Å². The fourth-order valence-corrected chi connectivity index (χ4v) is 4.78. The van der Waals surface area contributed by atoms with E-state index in [4.69, 9.17) is 22.1 Å². The highest BCUT2D eigenvalue weighted by atomic mass is 32.2. The fraction of sp³-hybridized carbons (Fsp3) is 0.0435. The average Bonchev–Trinajstić information content (AvgIpc) is 3.03. The summed E-state index contributed by atoms with van der Waals surface area (Å²) in [5, 5.41) is 5.12. The van der Waals surface area contributed by atoms with Crippen LogP contribution in [0.1, 0.15) is 11.1 Å². The summed E-state index contributed by atoms with van der Waals surface area (Å²) < 4.78 is 29.0. The molecule has 1 amide bonds. The van der Waals surface area contributed by atoms with Crippen molar-refractivity contribution in [1.29, 1.82) is 0 Å². The van der Waals surface area contributed by atoms with Crippen LogP contribution in [0.25, 0.3) is 6.08 Å². The number of sulfonamides is 1. The van der Waals surface area contributed by atoms with Gasteiger partial charge in [-0.2, -0.15) is 0 Å². The van der Waals surface area contributed by atoms with Gasteiger partial charge in [0.2, 0.25) is 10.0 Å². The molecule has 0 saturated carbocycles. The second-order valence-electron chi connectivity index (χ2n) is 6.94. The number of para-hydroxylation sites is 1. The molecule has 3 aromatic rings. The molecule has 9 heteroatoms. The number of carbonyl (C=O) groups excluding carboxylic acids is 1. The lowest BCUT2D eigenvalue weighted by Gasteiger charge is -2.14. The Kier molecular flexibility index (Phi) is 6.43. The molecule has 1 heterocycles. The first-order valence-corrected chi connectivity index (χ1v) is 12.3. The van der Waals surface area contributed by atoms with Crippen LogP contribution in [0.15, 0.2) is 88.7 Å². The zero-order valence-electron chi connectivity index (χ0n) is 16.7. The van der Waals surface area contributed by atoms with Crippen molar-refractivity contribution in [2.75, 3.05) is 0 Å². The van der Waals surface area contributed by atoms with E-state index < -0.39 is 10.0 Å². The summed E-state index contributed by atoms with van der Waals surface area (Å²) in [6, 6.07) is 23.0. The number of rotatable bonds is 6. The molecule has 1 aliphatic heterocycles. The molecule has 0 aliphatic carbocycles. The number of thiocarbonyl (C=S) groups is 1. The molecule has 0 aromatic heterocycles. The number of thioether (sulfide) groups is 1. The van der Waals surface area contributed by atoms with Crippen molar-refractivity contribution in [3.63, 3.8) is 0 Å². The molecular weight excluding hydrogens is 464 g/mol. The fourth-order valence-electron chi connectivity index (χ4n) is 3.01. The van der Waals surface area contributed by atoms with Gasteiger partial charge in [0.05, 0.1) is 16.3 Å². The lowest BCUT2D eigenvalue weighted by Crippen LogP contribution is -2.27. The van der Waals surface area contributed by atoms with Crippen molar-refractivity contribution in [2.24, 2.45) is 5.14 Å². The maximum Gasteiger partial charge on any atom is 0.266 e. The van der Waals surface area contributed by atoms with E-state index in [1.54, 1.807) is 18.2 Å². The van der Waals surface area contributed by atoms with E-state index in [0.29, 0.717) is 15.0 Å². The largest absolute Gasteiger partial charge is 0.457 e. The summed E-state index contributed by atoms with van der Waals surface area (Å²) in [6.45, 7) is 0.247. The first-order chi connectivity index (χ1) is 15.3. The summed E-state index contributed by atoms with van der Waals surface area (Å²) in [6.07, 6.45) is 1.79. The van der Waals surface area contributed by atoms with Gasteiger partial charge in [0.15, 0.2) is 0 Å². The molecule has 0 spiro atoms. The van der Waals surface area contributed by atoms with Crippen molar-refractivity contribution in [2.45, 2.75) is 11.4 Å². The Bertz CT molecular complexity index is 1290. The molecule has 32 heavy (non-hydrogen) atoms. The molecule has 162 valence electrons. The van der Waals surface area contributed by atoms with Gasteiger partial charge in [0.1, 0.15) is 15.8 Å². The molecular formula is C23H18N2O4S3. The minimum atomic E-state index is -3.76. The Morgan fingerprint density at radius 2 is 1.56 bits per heavy atom. The molecule has 1 saturated heterocycles. The van der Waals surface area contributed by atoms with Crippen molar-refractivity contribution < 1.29 is 17.9 Å². The number of hydrogen-bond acceptors (Lipinski definition) is 6. The number of nitrogens with zero attached hydrogens (tertiary/aromatic N) is 1. The van der Waals surface area contributed by atoms with Crippen molar-refractivity contribution in [3.05, 3.63) is 94.9 Å². The highest BCUT2D eigenvalue weighted by Gasteiger charge is 2.32. The molecule has 1 aliphatic rings. The Morgan fingerprint density at radius 1 is 0.938 bits per heavy atom. The summed E-state index contributed by atoms with van der Waals surface area (Å²) in [5.41, 5.74) is 1.60. The van der Waals surface area contributed by atoms with Crippen molar-refractivity contribution in [1.82, 2.24) is 4.90 Å². The number of carbonyl (C=O) groups is 1. The van der Waals surface area contributed by atoms with Crippen LogP contribution in [0.3, 0.4) is 0 Å². The SMILES string of the molecule is NS(=O)(=O)c1ccc(CN2C(=O)C(=Cc3ccc(Oc4ccccc4)cc3)SC2=S)cc1. The maximum absolute atomic E-state index is 12.9. The molecule has 0 bridgehead atoms. The van der Waals surface area contributed by atoms with E-state index in [1.165, 1.54) is 28.8 Å². The highest BCUT2D eigenvalue weighted by Crippen LogP contribution is 2.34. The number of hydrogen-bond donors (Lipinski definition) is 1. The quantitative estimate of drug-likeness (QED) is 0.410. The Morgan fingerprint density at radius 3 is 2.19 bits per heavy atom. The van der Waals surface area contributed by atoms with Gasteiger partial charge >= 0.3 is 0 Å². The van der Waals surface area contributed by atoms with Gasteiger partial charge in [-0.3, -0.25) is 9.69 Å². The van der Waals surface area contributed by atoms with E-state index in [2.05, 4.69) is 0 Å². The van der Waals surface area contributed by atoms with Gasteiger partial charge in [0, 0.05) is 0 Å². The number of nitrogens with two attached hydrogens (primary N) is 1. The van der Waals surface area contributed by atoms with Gasteiger partial charge < -0.3 is 4.74 Å². The van der Waals surface area contributed by atoms with Crippen LogP contribution >= 0.6 is 24.0 Å². The van der Waals surface area contributed by atoms with Crippen LogP contribution in [0, 0.1) is 0 Å². The zero-order chi connectivity index (χ0) is 22.7. The topological polar surface area (TPSA) is 89.7 Å². The zero-order valence-corrected chi connectivity index (χ0v) is 19.1. The molecule has 3 aromatic carbocycles.